The van der Waals surface area contributed by atoms with Crippen molar-refractivity contribution in [3.05, 3.63) is 59.6 Å². The Hall–Kier alpha value is -3.15. The van der Waals surface area contributed by atoms with E-state index in [1.165, 1.54) is 24.5 Å². The summed E-state index contributed by atoms with van der Waals surface area (Å²) in [6, 6.07) is 9.40. The summed E-state index contributed by atoms with van der Waals surface area (Å²) in [7, 11) is 0. The second-order valence-electron chi connectivity index (χ2n) is 4.70. The lowest BCUT2D eigenvalue weighted by molar-refractivity contribution is -0.123. The normalized spacial score (nSPS) is 16.2. The van der Waals surface area contributed by atoms with Crippen molar-refractivity contribution >= 4 is 23.6 Å². The van der Waals surface area contributed by atoms with E-state index in [-0.39, 0.29) is 16.9 Å². The summed E-state index contributed by atoms with van der Waals surface area (Å²) < 4.78 is 5.16. The van der Waals surface area contributed by atoms with Crippen LogP contribution in [-0.4, -0.2) is 27.6 Å². The van der Waals surface area contributed by atoms with Crippen LogP contribution in [-0.2, 0) is 4.79 Å². The van der Waals surface area contributed by atoms with E-state index in [0.717, 1.165) is 5.01 Å². The number of furan rings is 1. The molecule has 1 aliphatic rings. The predicted molar refractivity (Wildman–Crippen MR) is 79.1 cm³/mol. The third-order valence-corrected chi connectivity index (χ3v) is 3.22. The third kappa shape index (κ3) is 2.31. The number of hydrogen-bond donors (Lipinski definition) is 1. The Morgan fingerprint density at radius 3 is 2.73 bits per heavy atom. The second-order valence-corrected chi connectivity index (χ2v) is 4.70. The molecule has 2 aromatic rings. The molecule has 0 aliphatic carbocycles. The predicted octanol–water partition coefficient (Wildman–Crippen LogP) is 2.43. The van der Waals surface area contributed by atoms with E-state index in [2.05, 4.69) is 5.10 Å². The lowest BCUT2D eigenvalue weighted by atomic mass is 10.1. The van der Waals surface area contributed by atoms with Gasteiger partial charge in [-0.2, -0.15) is 10.1 Å². The van der Waals surface area contributed by atoms with Crippen molar-refractivity contribution in [2.24, 2.45) is 5.10 Å². The number of imide groups is 1. The number of carbonyl (C=O) groups excluding carboxylic acids is 2. The van der Waals surface area contributed by atoms with Crippen LogP contribution >= 0.6 is 0 Å². The van der Waals surface area contributed by atoms with Gasteiger partial charge >= 0.3 is 0 Å². The van der Waals surface area contributed by atoms with Gasteiger partial charge in [0, 0.05) is 0 Å². The van der Waals surface area contributed by atoms with Gasteiger partial charge in [-0.25, -0.2) is 0 Å². The molecule has 6 nitrogen and oxygen atoms in total. The molecule has 110 valence electrons. The van der Waals surface area contributed by atoms with Crippen molar-refractivity contribution in [1.29, 1.82) is 0 Å². The van der Waals surface area contributed by atoms with E-state index in [0.29, 0.717) is 11.5 Å². The molecule has 6 heteroatoms. The fourth-order valence-electron chi connectivity index (χ4n) is 2.11. The molecule has 0 unspecified atom stereocenters. The lowest BCUT2D eigenvalue weighted by Crippen LogP contribution is -2.29. The Kier molecular flexibility index (Phi) is 3.34. The zero-order valence-electron chi connectivity index (χ0n) is 11.7. The molecular weight excluding hydrogens is 284 g/mol. The van der Waals surface area contributed by atoms with Crippen LogP contribution in [0.25, 0.3) is 6.08 Å². The van der Waals surface area contributed by atoms with Gasteiger partial charge in [0.2, 0.25) is 0 Å². The van der Waals surface area contributed by atoms with Crippen molar-refractivity contribution in [2.75, 3.05) is 0 Å². The molecule has 0 radical (unpaired) electrons. The highest BCUT2D eigenvalue weighted by Crippen LogP contribution is 2.24. The van der Waals surface area contributed by atoms with Gasteiger partial charge in [-0.05, 0) is 37.3 Å². The van der Waals surface area contributed by atoms with Crippen LogP contribution in [0.5, 0.6) is 5.75 Å². The van der Waals surface area contributed by atoms with Gasteiger partial charge in [-0.3, -0.25) is 9.59 Å². The minimum atomic E-state index is -0.676. The molecule has 0 saturated heterocycles. The molecule has 3 rings (SSSR count). The fourth-order valence-corrected chi connectivity index (χ4v) is 2.11. The van der Waals surface area contributed by atoms with Crippen LogP contribution in [0.2, 0.25) is 0 Å². The molecule has 0 spiro atoms. The lowest BCUT2D eigenvalue weighted by Gasteiger charge is -2.10. The van der Waals surface area contributed by atoms with Crippen LogP contribution in [0.3, 0.4) is 0 Å². The number of benzene rings is 1. The molecule has 0 saturated carbocycles. The van der Waals surface area contributed by atoms with Crippen molar-refractivity contribution in [3.8, 4) is 5.75 Å². The first kappa shape index (κ1) is 13.8. The van der Waals surface area contributed by atoms with Crippen LogP contribution in [0.15, 0.2) is 57.8 Å². The van der Waals surface area contributed by atoms with Crippen molar-refractivity contribution in [3.63, 3.8) is 0 Å². The average molecular weight is 296 g/mol. The van der Waals surface area contributed by atoms with Crippen LogP contribution in [0.4, 0.5) is 0 Å². The zero-order chi connectivity index (χ0) is 15.7. The molecule has 0 bridgehead atoms. The number of hydrazone groups is 1. The number of para-hydroxylation sites is 1. The molecule has 0 atom stereocenters. The maximum atomic E-state index is 12.4. The highest BCUT2D eigenvalue weighted by atomic mass is 16.3. The highest BCUT2D eigenvalue weighted by molar-refractivity contribution is 6.30. The molecule has 0 fully saturated rings. The number of phenolic OH excluding ortho intramolecular Hbond substituents is 1. The van der Waals surface area contributed by atoms with Gasteiger partial charge in [-0.15, -0.1) is 0 Å². The van der Waals surface area contributed by atoms with Crippen LogP contribution in [0, 0.1) is 0 Å². The van der Waals surface area contributed by atoms with Crippen molar-refractivity contribution in [1.82, 2.24) is 5.01 Å². The molecule has 2 amide bonds. The largest absolute Gasteiger partial charge is 0.507 e. The molecule has 1 aromatic carbocycles. The Bertz CT molecular complexity index is 803. The smallest absolute Gasteiger partial charge is 0.285 e. The summed E-state index contributed by atoms with van der Waals surface area (Å²) in [5, 5.41) is 14.5. The topological polar surface area (TPSA) is 83.1 Å². The Labute approximate surface area is 126 Å². The highest BCUT2D eigenvalue weighted by Gasteiger charge is 2.34. The summed E-state index contributed by atoms with van der Waals surface area (Å²) in [5.41, 5.74) is 0.704. The number of phenols is 1. The van der Waals surface area contributed by atoms with Gasteiger partial charge in [0.1, 0.15) is 11.5 Å². The monoisotopic (exact) mass is 296 g/mol. The summed E-state index contributed by atoms with van der Waals surface area (Å²) in [4.78, 5) is 24.7. The molecule has 2 heterocycles. The van der Waals surface area contributed by atoms with Gasteiger partial charge in [0.15, 0.2) is 0 Å². The average Bonchev–Trinajstić information content (AvgIpc) is 3.11. The van der Waals surface area contributed by atoms with Gasteiger partial charge < -0.3 is 9.52 Å². The molecule has 1 aromatic heterocycles. The Balaban J connectivity index is 1.93. The number of aromatic hydroxyl groups is 1. The first-order valence-corrected chi connectivity index (χ1v) is 6.55. The maximum absolute atomic E-state index is 12.4. The molecular formula is C16H12N2O4. The van der Waals surface area contributed by atoms with E-state index in [1.54, 1.807) is 31.2 Å². The number of carbonyl (C=O) groups is 2. The quantitative estimate of drug-likeness (QED) is 0.681. The first-order valence-electron chi connectivity index (χ1n) is 6.55. The van der Waals surface area contributed by atoms with E-state index < -0.39 is 11.8 Å². The second kappa shape index (κ2) is 5.33. The van der Waals surface area contributed by atoms with Crippen molar-refractivity contribution < 1.29 is 19.1 Å². The Morgan fingerprint density at radius 2 is 2.05 bits per heavy atom. The minimum Gasteiger partial charge on any atom is -0.507 e. The van der Waals surface area contributed by atoms with Gasteiger partial charge in [0.05, 0.1) is 23.1 Å². The van der Waals surface area contributed by atoms with Gasteiger partial charge in [0.25, 0.3) is 11.8 Å². The molecule has 22 heavy (non-hydrogen) atoms. The van der Waals surface area contributed by atoms with Crippen molar-refractivity contribution in [2.45, 2.75) is 6.92 Å². The minimum absolute atomic E-state index is 0.0200. The molecule has 1 N–H and O–H groups in total. The summed E-state index contributed by atoms with van der Waals surface area (Å²) in [5.74, 6) is -0.932. The Morgan fingerprint density at radius 1 is 1.27 bits per heavy atom. The number of rotatable bonds is 2. The third-order valence-electron chi connectivity index (χ3n) is 3.22. The van der Waals surface area contributed by atoms with E-state index in [1.807, 2.05) is 0 Å². The van der Waals surface area contributed by atoms with E-state index in [9.17, 15) is 14.7 Å². The fraction of sp³-hybridized carbons (Fsp3) is 0.0625. The number of amides is 2. The summed E-state index contributed by atoms with van der Waals surface area (Å²) in [6.07, 6.45) is 3.02. The van der Waals surface area contributed by atoms with Gasteiger partial charge in [-0.1, -0.05) is 12.1 Å². The first-order chi connectivity index (χ1) is 10.6. The SMILES string of the molecule is CC1=NN(C(=O)c2ccccc2O)C(=O)/C1=C/c1ccco1. The standard InChI is InChI=1S/C16H12N2O4/c1-10-13(9-11-5-4-8-22-11)16(21)18(17-10)15(20)12-6-2-3-7-14(12)19/h2-9,19H,1H3/b13-9+. The number of nitrogens with zero attached hydrogens (tertiary/aromatic N) is 2. The maximum Gasteiger partial charge on any atom is 0.285 e. The zero-order valence-corrected chi connectivity index (χ0v) is 11.7. The van der Waals surface area contributed by atoms with Crippen LogP contribution in [0.1, 0.15) is 23.0 Å². The van der Waals surface area contributed by atoms with E-state index >= 15 is 0 Å². The summed E-state index contributed by atoms with van der Waals surface area (Å²) >= 11 is 0. The van der Waals surface area contributed by atoms with E-state index in [4.69, 9.17) is 4.42 Å². The van der Waals surface area contributed by atoms with Crippen LogP contribution < -0.4 is 0 Å². The number of hydrogen-bond acceptors (Lipinski definition) is 5. The molecule has 1 aliphatic heterocycles. The summed E-state index contributed by atoms with van der Waals surface area (Å²) in [6.45, 7) is 1.63.